The van der Waals surface area contributed by atoms with Crippen LogP contribution in [0.4, 0.5) is 5.82 Å². The minimum Gasteiger partial charge on any atom is -0.465 e. The number of hydrogen-bond acceptors (Lipinski definition) is 7. The van der Waals surface area contributed by atoms with Crippen LogP contribution in [0.1, 0.15) is 22.3 Å². The van der Waals surface area contributed by atoms with Crippen molar-refractivity contribution in [3.63, 3.8) is 0 Å². The molecule has 2 heterocycles. The maximum Gasteiger partial charge on any atom is 0.343 e. The van der Waals surface area contributed by atoms with Crippen LogP contribution in [0.3, 0.4) is 0 Å². The van der Waals surface area contributed by atoms with E-state index in [2.05, 4.69) is 19.6 Å². The summed E-state index contributed by atoms with van der Waals surface area (Å²) in [5, 5.41) is 0. The number of anilines is 1. The molecule has 1 aromatic rings. The van der Waals surface area contributed by atoms with Gasteiger partial charge in [0.1, 0.15) is 17.5 Å². The molecule has 0 radical (unpaired) electrons. The highest BCUT2D eigenvalue weighted by molar-refractivity contribution is 5.93. The second kappa shape index (κ2) is 5.28. The van der Waals surface area contributed by atoms with E-state index in [4.69, 9.17) is 10.5 Å². The Morgan fingerprint density at radius 3 is 3.06 bits per heavy atom. The third kappa shape index (κ3) is 2.57. The number of morpholine rings is 1. The quantitative estimate of drug-likeness (QED) is 0.732. The van der Waals surface area contributed by atoms with Gasteiger partial charge < -0.3 is 20.1 Å². The van der Waals surface area contributed by atoms with Crippen LogP contribution in [0.25, 0.3) is 0 Å². The van der Waals surface area contributed by atoms with Crippen LogP contribution in [0.15, 0.2) is 6.20 Å². The number of methoxy groups -OCH3 is 1. The molecule has 0 spiro atoms. The number of aromatic nitrogens is 2. The number of nitrogens with zero attached hydrogens (tertiary/aromatic N) is 3. The first kappa shape index (κ1) is 12.7. The van der Waals surface area contributed by atoms with Crippen molar-refractivity contribution < 1.29 is 14.3 Å². The molecule has 1 aromatic heterocycles. The Bertz CT molecular complexity index is 452. The largest absolute Gasteiger partial charge is 0.465 e. The highest BCUT2D eigenvalue weighted by Crippen LogP contribution is 2.20. The first-order valence-corrected chi connectivity index (χ1v) is 5.62. The van der Waals surface area contributed by atoms with E-state index >= 15 is 0 Å². The summed E-state index contributed by atoms with van der Waals surface area (Å²) in [5.41, 5.74) is 5.89. The van der Waals surface area contributed by atoms with Crippen LogP contribution in [0.2, 0.25) is 0 Å². The van der Waals surface area contributed by atoms with Crippen molar-refractivity contribution in [3.8, 4) is 0 Å². The summed E-state index contributed by atoms with van der Waals surface area (Å²) in [6.07, 6.45) is 1.17. The lowest BCUT2D eigenvalue weighted by molar-refractivity contribution is -0.0254. The third-order valence-corrected chi connectivity index (χ3v) is 2.80. The van der Waals surface area contributed by atoms with Gasteiger partial charge in [0.05, 0.1) is 13.7 Å². The SMILES string of the molecule is COC(=O)c1cnc(C2CN(C)CCO2)nc1N. The molecular weight excluding hydrogens is 236 g/mol. The van der Waals surface area contributed by atoms with Gasteiger partial charge in [-0.05, 0) is 7.05 Å². The summed E-state index contributed by atoms with van der Waals surface area (Å²) in [4.78, 5) is 21.7. The van der Waals surface area contributed by atoms with Gasteiger partial charge in [0, 0.05) is 19.3 Å². The highest BCUT2D eigenvalue weighted by Gasteiger charge is 2.23. The minimum absolute atomic E-state index is 0.115. The van der Waals surface area contributed by atoms with E-state index in [0.717, 1.165) is 6.54 Å². The highest BCUT2D eigenvalue weighted by atomic mass is 16.5. The van der Waals surface area contributed by atoms with Crippen LogP contribution < -0.4 is 5.73 Å². The van der Waals surface area contributed by atoms with Crippen LogP contribution >= 0.6 is 0 Å². The Hall–Kier alpha value is -1.73. The Labute approximate surface area is 105 Å². The Balaban J connectivity index is 2.20. The molecule has 1 atom stereocenters. The van der Waals surface area contributed by atoms with Crippen molar-refractivity contribution >= 4 is 11.8 Å². The maximum atomic E-state index is 11.4. The molecule has 0 aromatic carbocycles. The van der Waals surface area contributed by atoms with Crippen molar-refractivity contribution in [1.82, 2.24) is 14.9 Å². The van der Waals surface area contributed by atoms with Gasteiger partial charge in [-0.25, -0.2) is 14.8 Å². The molecular formula is C11H16N4O3. The van der Waals surface area contributed by atoms with Gasteiger partial charge in [0.25, 0.3) is 0 Å². The molecule has 0 aliphatic carbocycles. The van der Waals surface area contributed by atoms with Crippen molar-refractivity contribution in [1.29, 1.82) is 0 Å². The summed E-state index contributed by atoms with van der Waals surface area (Å²) in [6.45, 7) is 2.21. The molecule has 7 nitrogen and oxygen atoms in total. The number of rotatable bonds is 2. The summed E-state index contributed by atoms with van der Waals surface area (Å²) < 4.78 is 10.2. The van der Waals surface area contributed by atoms with Crippen molar-refractivity contribution in [2.75, 3.05) is 39.6 Å². The monoisotopic (exact) mass is 252 g/mol. The molecule has 1 aliphatic heterocycles. The molecule has 2 N–H and O–H groups in total. The Kier molecular flexibility index (Phi) is 3.73. The van der Waals surface area contributed by atoms with Crippen molar-refractivity contribution in [3.05, 3.63) is 17.6 Å². The minimum atomic E-state index is -0.541. The number of likely N-dealkylation sites (N-methyl/N-ethyl adjacent to an activating group) is 1. The predicted molar refractivity (Wildman–Crippen MR) is 64.0 cm³/mol. The van der Waals surface area contributed by atoms with Crippen LogP contribution in [0, 0.1) is 0 Å². The van der Waals surface area contributed by atoms with E-state index in [-0.39, 0.29) is 17.5 Å². The fraction of sp³-hybridized carbons (Fsp3) is 0.545. The molecule has 18 heavy (non-hydrogen) atoms. The van der Waals surface area contributed by atoms with Crippen molar-refractivity contribution in [2.24, 2.45) is 0 Å². The summed E-state index contributed by atoms with van der Waals surface area (Å²) in [6, 6.07) is 0. The molecule has 98 valence electrons. The second-order valence-corrected chi connectivity index (χ2v) is 4.14. The smallest absolute Gasteiger partial charge is 0.343 e. The Morgan fingerprint density at radius 2 is 2.44 bits per heavy atom. The summed E-state index contributed by atoms with van der Waals surface area (Å²) >= 11 is 0. The van der Waals surface area contributed by atoms with Gasteiger partial charge in [-0.2, -0.15) is 0 Å². The number of carbonyl (C=O) groups excluding carboxylic acids is 1. The lowest BCUT2D eigenvalue weighted by Gasteiger charge is -2.29. The first-order valence-electron chi connectivity index (χ1n) is 5.62. The average molecular weight is 252 g/mol. The molecule has 1 unspecified atom stereocenters. The lowest BCUT2D eigenvalue weighted by Crippen LogP contribution is -2.36. The molecule has 0 amide bonds. The van der Waals surface area contributed by atoms with Gasteiger partial charge in [-0.3, -0.25) is 0 Å². The van der Waals surface area contributed by atoms with E-state index in [1.54, 1.807) is 0 Å². The first-order chi connectivity index (χ1) is 8.61. The summed E-state index contributed by atoms with van der Waals surface area (Å²) in [7, 11) is 3.29. The number of nitrogen functional groups attached to an aromatic ring is 1. The topological polar surface area (TPSA) is 90.6 Å². The Morgan fingerprint density at radius 1 is 1.67 bits per heavy atom. The van der Waals surface area contributed by atoms with Crippen molar-refractivity contribution in [2.45, 2.75) is 6.10 Å². The van der Waals surface area contributed by atoms with Gasteiger partial charge in [0.2, 0.25) is 0 Å². The zero-order chi connectivity index (χ0) is 13.1. The van der Waals surface area contributed by atoms with Gasteiger partial charge in [0.15, 0.2) is 5.82 Å². The number of hydrogen-bond donors (Lipinski definition) is 1. The van der Waals surface area contributed by atoms with E-state index in [0.29, 0.717) is 19.0 Å². The number of esters is 1. The number of ether oxygens (including phenoxy) is 2. The van der Waals surface area contributed by atoms with Crippen LogP contribution in [0.5, 0.6) is 0 Å². The molecule has 7 heteroatoms. The average Bonchev–Trinajstić information content (AvgIpc) is 2.37. The lowest BCUT2D eigenvalue weighted by atomic mass is 10.2. The van der Waals surface area contributed by atoms with Gasteiger partial charge in [-0.15, -0.1) is 0 Å². The number of nitrogens with two attached hydrogens (primary N) is 1. The maximum absolute atomic E-state index is 11.4. The van der Waals surface area contributed by atoms with E-state index in [1.165, 1.54) is 13.3 Å². The zero-order valence-corrected chi connectivity index (χ0v) is 10.4. The second-order valence-electron chi connectivity index (χ2n) is 4.14. The van der Waals surface area contributed by atoms with Crippen LogP contribution in [-0.4, -0.2) is 54.7 Å². The standard InChI is InChI=1S/C11H16N4O3/c1-15-3-4-18-8(6-15)10-13-5-7(9(12)14-10)11(16)17-2/h5,8H,3-4,6H2,1-2H3,(H2,12,13,14). The zero-order valence-electron chi connectivity index (χ0n) is 10.4. The van der Waals surface area contributed by atoms with Gasteiger partial charge >= 0.3 is 5.97 Å². The van der Waals surface area contributed by atoms with E-state index in [1.807, 2.05) is 7.05 Å². The van der Waals surface area contributed by atoms with E-state index < -0.39 is 5.97 Å². The fourth-order valence-electron chi connectivity index (χ4n) is 1.77. The molecule has 1 saturated heterocycles. The molecule has 0 bridgehead atoms. The van der Waals surface area contributed by atoms with Gasteiger partial charge in [-0.1, -0.05) is 0 Å². The third-order valence-electron chi connectivity index (χ3n) is 2.80. The molecule has 0 saturated carbocycles. The van der Waals surface area contributed by atoms with Crippen LogP contribution in [-0.2, 0) is 9.47 Å². The molecule has 1 fully saturated rings. The predicted octanol–water partition coefficient (Wildman–Crippen LogP) is -0.151. The molecule has 1 aliphatic rings. The summed E-state index contributed by atoms with van der Waals surface area (Å²) in [5.74, 6) is 0.0658. The normalized spacial score (nSPS) is 20.7. The van der Waals surface area contributed by atoms with E-state index in [9.17, 15) is 4.79 Å². The number of carbonyl (C=O) groups is 1. The fourth-order valence-corrected chi connectivity index (χ4v) is 1.77. The molecule has 2 rings (SSSR count).